The zero-order valence-electron chi connectivity index (χ0n) is 14.5. The molecule has 0 spiro atoms. The van der Waals surface area contributed by atoms with Gasteiger partial charge in [-0.05, 0) is 17.8 Å². The molecule has 0 aliphatic rings. The van der Waals surface area contributed by atoms with Gasteiger partial charge in [0, 0.05) is 17.4 Å². The Labute approximate surface area is 149 Å². The van der Waals surface area contributed by atoms with Crippen LogP contribution in [0.2, 0.25) is 0 Å². The van der Waals surface area contributed by atoms with Gasteiger partial charge in [0.2, 0.25) is 5.78 Å². The van der Waals surface area contributed by atoms with Gasteiger partial charge in [0.15, 0.2) is 5.78 Å². The lowest BCUT2D eigenvalue weighted by atomic mass is 9.85. The Morgan fingerprint density at radius 2 is 1.40 bits per heavy atom. The van der Waals surface area contributed by atoms with Gasteiger partial charge < -0.3 is 4.52 Å². The molecule has 130 valence electrons. The summed E-state index contributed by atoms with van der Waals surface area (Å²) in [5.74, 6) is -3.00. The Kier molecular flexibility index (Phi) is 6.60. The monoisotopic (exact) mass is 356 g/mol. The molecule has 2 aromatic rings. The SMILES string of the molecule is CPOC(=O)C(=O)C(C)C(C)C(=O)c1ccc(-c2ccccc2)cc1. The summed E-state index contributed by atoms with van der Waals surface area (Å²) in [6, 6.07) is 17.1. The lowest BCUT2D eigenvalue weighted by Crippen LogP contribution is -2.31. The normalized spacial score (nSPS) is 13.4. The van der Waals surface area contributed by atoms with E-state index in [-0.39, 0.29) is 14.6 Å². The van der Waals surface area contributed by atoms with Gasteiger partial charge in [-0.25, -0.2) is 4.79 Å². The minimum Gasteiger partial charge on any atom is -0.443 e. The van der Waals surface area contributed by atoms with Crippen LogP contribution >= 0.6 is 8.81 Å². The van der Waals surface area contributed by atoms with Crippen molar-refractivity contribution < 1.29 is 18.9 Å². The molecule has 25 heavy (non-hydrogen) atoms. The first-order valence-electron chi connectivity index (χ1n) is 8.07. The number of carbonyl (C=O) groups is 3. The van der Waals surface area contributed by atoms with Crippen molar-refractivity contribution in [2.75, 3.05) is 6.66 Å². The number of benzene rings is 2. The van der Waals surface area contributed by atoms with Crippen molar-refractivity contribution in [3.63, 3.8) is 0 Å². The summed E-state index contributed by atoms with van der Waals surface area (Å²) in [6.45, 7) is 4.92. The summed E-state index contributed by atoms with van der Waals surface area (Å²) in [6.07, 6.45) is 0. The highest BCUT2D eigenvalue weighted by Gasteiger charge is 2.31. The van der Waals surface area contributed by atoms with Gasteiger partial charge in [-0.15, -0.1) is 0 Å². The fourth-order valence-electron chi connectivity index (χ4n) is 2.50. The quantitative estimate of drug-likeness (QED) is 0.425. The maximum atomic E-state index is 12.6. The van der Waals surface area contributed by atoms with Crippen molar-refractivity contribution in [1.82, 2.24) is 0 Å². The van der Waals surface area contributed by atoms with Crippen LogP contribution in [-0.2, 0) is 14.1 Å². The minimum absolute atomic E-state index is 0.0861. The predicted octanol–water partition coefficient (Wildman–Crippen LogP) is 4.14. The van der Waals surface area contributed by atoms with Crippen LogP contribution in [0.1, 0.15) is 24.2 Å². The molecule has 0 N–H and O–H groups in total. The van der Waals surface area contributed by atoms with Crippen molar-refractivity contribution >= 4 is 26.3 Å². The van der Waals surface area contributed by atoms with Crippen LogP contribution in [0.3, 0.4) is 0 Å². The van der Waals surface area contributed by atoms with E-state index in [2.05, 4.69) is 0 Å². The molecule has 0 aromatic heterocycles. The molecule has 0 heterocycles. The maximum Gasteiger partial charge on any atom is 0.377 e. The number of hydrogen-bond donors (Lipinski definition) is 0. The van der Waals surface area contributed by atoms with Gasteiger partial charge in [-0.2, -0.15) is 0 Å². The molecule has 0 bridgehead atoms. The van der Waals surface area contributed by atoms with E-state index in [1.165, 1.54) is 0 Å². The molecule has 4 nitrogen and oxygen atoms in total. The van der Waals surface area contributed by atoms with Crippen molar-refractivity contribution in [2.45, 2.75) is 13.8 Å². The van der Waals surface area contributed by atoms with Gasteiger partial charge in [-0.1, -0.05) is 68.4 Å². The first-order valence-corrected chi connectivity index (χ1v) is 9.48. The van der Waals surface area contributed by atoms with Crippen LogP contribution in [0.25, 0.3) is 11.1 Å². The van der Waals surface area contributed by atoms with Crippen LogP contribution < -0.4 is 0 Å². The fraction of sp³-hybridized carbons (Fsp3) is 0.250. The molecular weight excluding hydrogens is 335 g/mol. The van der Waals surface area contributed by atoms with E-state index < -0.39 is 23.6 Å². The van der Waals surface area contributed by atoms with Crippen LogP contribution in [0.5, 0.6) is 0 Å². The molecule has 0 saturated carbocycles. The van der Waals surface area contributed by atoms with E-state index in [1.807, 2.05) is 42.5 Å². The zero-order chi connectivity index (χ0) is 18.4. The van der Waals surface area contributed by atoms with Crippen LogP contribution in [0.4, 0.5) is 0 Å². The molecule has 0 amide bonds. The van der Waals surface area contributed by atoms with Crippen LogP contribution in [0.15, 0.2) is 54.6 Å². The third-order valence-corrected chi connectivity index (χ3v) is 4.64. The molecular formula is C20H21O4P. The highest BCUT2D eigenvalue weighted by molar-refractivity contribution is 7.32. The Morgan fingerprint density at radius 3 is 1.96 bits per heavy atom. The second-order valence-electron chi connectivity index (χ2n) is 5.84. The summed E-state index contributed by atoms with van der Waals surface area (Å²) in [7, 11) is -0.0861. The number of carbonyl (C=O) groups excluding carboxylic acids is 3. The van der Waals surface area contributed by atoms with Gasteiger partial charge >= 0.3 is 5.97 Å². The minimum atomic E-state index is -0.868. The summed E-state index contributed by atoms with van der Waals surface area (Å²) >= 11 is 0. The molecule has 5 heteroatoms. The summed E-state index contributed by atoms with van der Waals surface area (Å²) < 4.78 is 4.75. The highest BCUT2D eigenvalue weighted by Crippen LogP contribution is 2.23. The Balaban J connectivity index is 2.11. The molecule has 0 aliphatic heterocycles. The molecule has 2 rings (SSSR count). The molecule has 0 aliphatic carbocycles. The highest BCUT2D eigenvalue weighted by atomic mass is 31.1. The molecule has 0 saturated heterocycles. The standard InChI is InChI=1S/C20H21O4P/c1-13(14(2)19(22)20(23)24-25-3)18(21)17-11-9-16(10-12-17)15-7-5-4-6-8-15/h4-14,25H,1-3H3. The van der Waals surface area contributed by atoms with Gasteiger partial charge in [0.1, 0.15) is 0 Å². The third-order valence-electron chi connectivity index (χ3n) is 4.25. The van der Waals surface area contributed by atoms with E-state index in [4.69, 9.17) is 4.52 Å². The largest absolute Gasteiger partial charge is 0.443 e. The van der Waals surface area contributed by atoms with Gasteiger partial charge in [0.25, 0.3) is 0 Å². The first kappa shape index (κ1) is 19.0. The van der Waals surface area contributed by atoms with E-state index in [0.717, 1.165) is 11.1 Å². The first-order chi connectivity index (χ1) is 12.0. The Morgan fingerprint density at radius 1 is 0.840 bits per heavy atom. The lowest BCUT2D eigenvalue weighted by Gasteiger charge is -2.17. The molecule has 2 aromatic carbocycles. The summed E-state index contributed by atoms with van der Waals surface area (Å²) in [5.41, 5.74) is 2.61. The number of ketones is 2. The Bertz CT molecular complexity index is 753. The smallest absolute Gasteiger partial charge is 0.377 e. The average molecular weight is 356 g/mol. The predicted molar refractivity (Wildman–Crippen MR) is 99.9 cm³/mol. The van der Waals surface area contributed by atoms with Crippen LogP contribution in [0, 0.1) is 11.8 Å². The van der Waals surface area contributed by atoms with Crippen molar-refractivity contribution in [3.8, 4) is 11.1 Å². The van der Waals surface area contributed by atoms with Gasteiger partial charge in [0.05, 0.1) is 8.81 Å². The number of hydrogen-bond acceptors (Lipinski definition) is 4. The fourth-order valence-corrected chi connectivity index (χ4v) is 2.79. The van der Waals surface area contributed by atoms with Crippen LogP contribution in [-0.4, -0.2) is 24.2 Å². The molecule has 0 radical (unpaired) electrons. The lowest BCUT2D eigenvalue weighted by molar-refractivity contribution is -0.148. The second-order valence-corrected chi connectivity index (χ2v) is 6.46. The summed E-state index contributed by atoms with van der Waals surface area (Å²) in [5, 5.41) is 0. The number of rotatable bonds is 7. The topological polar surface area (TPSA) is 60.4 Å². The van der Waals surface area contributed by atoms with Crippen molar-refractivity contribution in [1.29, 1.82) is 0 Å². The van der Waals surface area contributed by atoms with E-state index in [1.54, 1.807) is 32.6 Å². The maximum absolute atomic E-state index is 12.6. The molecule has 3 atom stereocenters. The van der Waals surface area contributed by atoms with E-state index in [9.17, 15) is 14.4 Å². The van der Waals surface area contributed by atoms with Gasteiger partial charge in [-0.3, -0.25) is 9.59 Å². The van der Waals surface area contributed by atoms with Crippen molar-refractivity contribution in [3.05, 3.63) is 60.2 Å². The number of Topliss-reactive ketones (excluding diaryl/α,β-unsaturated/α-hetero) is 2. The van der Waals surface area contributed by atoms with E-state index in [0.29, 0.717) is 5.56 Å². The summed E-state index contributed by atoms with van der Waals surface area (Å²) in [4.78, 5) is 36.2. The Hall–Kier alpha value is -2.32. The molecule has 0 fully saturated rings. The zero-order valence-corrected chi connectivity index (χ0v) is 15.5. The molecule has 3 unspecified atom stereocenters. The van der Waals surface area contributed by atoms with Crippen molar-refractivity contribution in [2.24, 2.45) is 11.8 Å². The van der Waals surface area contributed by atoms with E-state index >= 15 is 0 Å². The average Bonchev–Trinajstić information content (AvgIpc) is 2.66. The third kappa shape index (κ3) is 4.61. The second kappa shape index (κ2) is 8.68.